The summed E-state index contributed by atoms with van der Waals surface area (Å²) in [5, 5.41) is 0. The van der Waals surface area contributed by atoms with Crippen molar-refractivity contribution in [2.45, 2.75) is 70.6 Å². The summed E-state index contributed by atoms with van der Waals surface area (Å²) >= 11 is 0. The van der Waals surface area contributed by atoms with Crippen LogP contribution in [0, 0.1) is 0 Å². The Bertz CT molecular complexity index is 154. The van der Waals surface area contributed by atoms with Gasteiger partial charge in [0, 0.05) is 6.04 Å². The Hall–Kier alpha value is -0.0800. The van der Waals surface area contributed by atoms with Crippen molar-refractivity contribution in [3.05, 3.63) is 0 Å². The highest BCUT2D eigenvalue weighted by atomic mass is 16.5. The monoisotopic (exact) mass is 185 g/mol. The van der Waals surface area contributed by atoms with Crippen LogP contribution in [0.4, 0.5) is 0 Å². The van der Waals surface area contributed by atoms with Crippen LogP contribution in [-0.4, -0.2) is 17.7 Å². The molecule has 2 nitrogen and oxygen atoms in total. The summed E-state index contributed by atoms with van der Waals surface area (Å²) in [6, 6.07) is 0.342. The van der Waals surface area contributed by atoms with E-state index in [9.17, 15) is 0 Å². The molecule has 2 unspecified atom stereocenters. The van der Waals surface area contributed by atoms with Crippen LogP contribution in [0.5, 0.6) is 0 Å². The van der Waals surface area contributed by atoms with Crippen LogP contribution in [0.2, 0.25) is 0 Å². The molecule has 0 bridgehead atoms. The summed E-state index contributed by atoms with van der Waals surface area (Å²) in [5.74, 6) is 0. The summed E-state index contributed by atoms with van der Waals surface area (Å²) in [6.45, 7) is 6.43. The van der Waals surface area contributed by atoms with Crippen molar-refractivity contribution in [2.24, 2.45) is 5.73 Å². The predicted molar refractivity (Wildman–Crippen MR) is 55.7 cm³/mol. The lowest BCUT2D eigenvalue weighted by molar-refractivity contribution is -0.0191. The topological polar surface area (TPSA) is 35.2 Å². The van der Waals surface area contributed by atoms with Crippen molar-refractivity contribution in [3.8, 4) is 0 Å². The Kier molecular flexibility index (Phi) is 3.74. The van der Waals surface area contributed by atoms with Crippen molar-refractivity contribution in [3.63, 3.8) is 0 Å². The Morgan fingerprint density at radius 3 is 2.69 bits per heavy atom. The first-order valence-electron chi connectivity index (χ1n) is 5.43. The quantitative estimate of drug-likeness (QED) is 0.730. The largest absolute Gasteiger partial charge is 0.372 e. The van der Waals surface area contributed by atoms with Gasteiger partial charge < -0.3 is 10.5 Å². The second kappa shape index (κ2) is 4.43. The molecule has 1 saturated heterocycles. The van der Waals surface area contributed by atoms with Gasteiger partial charge in [-0.15, -0.1) is 0 Å². The third-order valence-corrected chi connectivity index (χ3v) is 2.74. The fourth-order valence-corrected chi connectivity index (χ4v) is 1.95. The van der Waals surface area contributed by atoms with Gasteiger partial charge in [0.05, 0.1) is 11.7 Å². The average Bonchev–Trinajstić information content (AvgIpc) is 2.29. The number of ether oxygens (including phenoxy) is 1. The molecular formula is C11H23NO. The second-order valence-electron chi connectivity index (χ2n) is 4.95. The zero-order valence-electron chi connectivity index (χ0n) is 9.18. The molecule has 1 aliphatic rings. The van der Waals surface area contributed by atoms with Crippen LogP contribution < -0.4 is 5.73 Å². The first-order valence-corrected chi connectivity index (χ1v) is 5.43. The first-order chi connectivity index (χ1) is 5.99. The lowest BCUT2D eigenvalue weighted by Crippen LogP contribution is -2.20. The normalized spacial score (nSPS) is 29.1. The van der Waals surface area contributed by atoms with E-state index in [1.807, 2.05) is 0 Å². The minimum absolute atomic E-state index is 0.124. The molecule has 0 aromatic heterocycles. The zero-order chi connectivity index (χ0) is 9.90. The van der Waals surface area contributed by atoms with Crippen LogP contribution in [0.1, 0.15) is 52.9 Å². The molecule has 1 aliphatic heterocycles. The molecule has 1 fully saturated rings. The van der Waals surface area contributed by atoms with Gasteiger partial charge in [0.2, 0.25) is 0 Å². The molecule has 2 N–H and O–H groups in total. The van der Waals surface area contributed by atoms with Gasteiger partial charge in [0.1, 0.15) is 0 Å². The van der Waals surface area contributed by atoms with E-state index < -0.39 is 0 Å². The van der Waals surface area contributed by atoms with Gasteiger partial charge in [-0.3, -0.25) is 0 Å². The number of hydrogen-bond donors (Lipinski definition) is 1. The van der Waals surface area contributed by atoms with Crippen LogP contribution in [0.25, 0.3) is 0 Å². The number of nitrogens with two attached hydrogens (primary N) is 1. The van der Waals surface area contributed by atoms with E-state index in [1.54, 1.807) is 0 Å². The summed E-state index contributed by atoms with van der Waals surface area (Å²) in [6.07, 6.45) is 6.44. The molecular weight excluding hydrogens is 162 g/mol. The summed E-state index contributed by atoms with van der Waals surface area (Å²) in [7, 11) is 0. The van der Waals surface area contributed by atoms with E-state index in [1.165, 1.54) is 25.7 Å². The molecule has 0 aliphatic carbocycles. The van der Waals surface area contributed by atoms with Gasteiger partial charge in [0.15, 0.2) is 0 Å². The molecule has 78 valence electrons. The van der Waals surface area contributed by atoms with E-state index in [2.05, 4.69) is 20.8 Å². The highest BCUT2D eigenvalue weighted by Gasteiger charge is 2.30. The van der Waals surface area contributed by atoms with Gasteiger partial charge in [-0.25, -0.2) is 0 Å². The van der Waals surface area contributed by atoms with Crippen LogP contribution >= 0.6 is 0 Å². The Morgan fingerprint density at radius 2 is 2.23 bits per heavy atom. The van der Waals surface area contributed by atoms with Crippen molar-refractivity contribution >= 4 is 0 Å². The van der Waals surface area contributed by atoms with E-state index in [-0.39, 0.29) is 5.60 Å². The first kappa shape index (κ1) is 11.0. The zero-order valence-corrected chi connectivity index (χ0v) is 9.18. The highest BCUT2D eigenvalue weighted by molar-refractivity contribution is 4.80. The third kappa shape index (κ3) is 4.10. The minimum atomic E-state index is 0.124. The lowest BCUT2D eigenvalue weighted by atomic mass is 10.0. The molecule has 0 aromatic carbocycles. The third-order valence-electron chi connectivity index (χ3n) is 2.74. The summed E-state index contributed by atoms with van der Waals surface area (Å²) in [5.41, 5.74) is 5.81. The fraction of sp³-hybridized carbons (Fsp3) is 1.00. The van der Waals surface area contributed by atoms with Gasteiger partial charge in [-0.1, -0.05) is 0 Å². The molecule has 2 atom stereocenters. The summed E-state index contributed by atoms with van der Waals surface area (Å²) < 4.78 is 5.89. The Balaban J connectivity index is 2.11. The predicted octanol–water partition coefficient (Wildman–Crippen LogP) is 2.46. The highest BCUT2D eigenvalue weighted by Crippen LogP contribution is 2.31. The van der Waals surface area contributed by atoms with Crippen LogP contribution in [-0.2, 0) is 4.74 Å². The molecule has 13 heavy (non-hydrogen) atoms. The fourth-order valence-electron chi connectivity index (χ4n) is 1.95. The Labute approximate surface area is 81.8 Å². The number of hydrogen-bond acceptors (Lipinski definition) is 2. The maximum absolute atomic E-state index is 5.89. The van der Waals surface area contributed by atoms with Crippen LogP contribution in [0.15, 0.2) is 0 Å². The smallest absolute Gasteiger partial charge is 0.0631 e. The van der Waals surface area contributed by atoms with Crippen molar-refractivity contribution in [1.82, 2.24) is 0 Å². The molecule has 0 spiro atoms. The minimum Gasteiger partial charge on any atom is -0.372 e. The molecule has 0 amide bonds. The van der Waals surface area contributed by atoms with Crippen molar-refractivity contribution < 1.29 is 4.74 Å². The van der Waals surface area contributed by atoms with Crippen molar-refractivity contribution in [2.75, 3.05) is 0 Å². The maximum Gasteiger partial charge on any atom is 0.0631 e. The Morgan fingerprint density at radius 1 is 1.54 bits per heavy atom. The second-order valence-corrected chi connectivity index (χ2v) is 4.95. The molecule has 1 rings (SSSR count). The molecule has 0 saturated carbocycles. The van der Waals surface area contributed by atoms with E-state index in [0.717, 1.165) is 6.42 Å². The number of rotatable bonds is 4. The average molecular weight is 185 g/mol. The van der Waals surface area contributed by atoms with E-state index in [4.69, 9.17) is 10.5 Å². The maximum atomic E-state index is 5.89. The molecule has 0 aromatic rings. The molecule has 1 heterocycles. The van der Waals surface area contributed by atoms with E-state index >= 15 is 0 Å². The van der Waals surface area contributed by atoms with Gasteiger partial charge >= 0.3 is 0 Å². The lowest BCUT2D eigenvalue weighted by Gasteiger charge is -2.19. The molecule has 2 heteroatoms. The van der Waals surface area contributed by atoms with Gasteiger partial charge in [-0.2, -0.15) is 0 Å². The SMILES string of the molecule is CC(N)CCCC1CCC(C)(C)O1. The van der Waals surface area contributed by atoms with Gasteiger partial charge in [0.25, 0.3) is 0 Å². The standard InChI is InChI=1S/C11H23NO/c1-9(12)5-4-6-10-7-8-11(2,3)13-10/h9-10H,4-8,12H2,1-3H3. The summed E-state index contributed by atoms with van der Waals surface area (Å²) in [4.78, 5) is 0. The molecule has 0 radical (unpaired) electrons. The van der Waals surface area contributed by atoms with Gasteiger partial charge in [-0.05, 0) is 52.9 Å². The van der Waals surface area contributed by atoms with Crippen molar-refractivity contribution in [1.29, 1.82) is 0 Å². The van der Waals surface area contributed by atoms with Crippen LogP contribution in [0.3, 0.4) is 0 Å². The van der Waals surface area contributed by atoms with E-state index in [0.29, 0.717) is 12.1 Å².